The second kappa shape index (κ2) is 8.36. The van der Waals surface area contributed by atoms with Crippen LogP contribution in [0.25, 0.3) is 0 Å². The maximum Gasteiger partial charge on any atom is 0.387 e. The number of alkyl halides is 2. The van der Waals surface area contributed by atoms with Gasteiger partial charge in [-0.3, -0.25) is 4.79 Å². The molecule has 0 amide bonds. The van der Waals surface area contributed by atoms with Crippen LogP contribution in [0.1, 0.15) is 18.4 Å². The van der Waals surface area contributed by atoms with E-state index in [1.807, 2.05) is 0 Å². The number of ether oxygens (including phenoxy) is 1. The molecule has 0 saturated heterocycles. The topological polar surface area (TPSA) is 84.8 Å². The average Bonchev–Trinajstić information content (AvgIpc) is 2.62. The minimum Gasteiger partial charge on any atom is -0.435 e. The van der Waals surface area contributed by atoms with E-state index >= 15 is 0 Å². The molecule has 2 aromatic rings. The monoisotopic (exact) mass is 472 g/mol. The molecule has 0 fully saturated rings. The minimum absolute atomic E-state index is 0.00374. The Morgan fingerprint density at radius 2 is 1.96 bits per heavy atom. The molecule has 28 heavy (non-hydrogen) atoms. The first-order chi connectivity index (χ1) is 13.3. The molecular weight excluding hydrogens is 458 g/mol. The molecule has 3 rings (SSSR count). The van der Waals surface area contributed by atoms with E-state index in [-0.39, 0.29) is 28.6 Å². The minimum atomic E-state index is -3.98. The first-order valence-electron chi connectivity index (χ1n) is 8.24. The van der Waals surface area contributed by atoms with Crippen LogP contribution in [-0.2, 0) is 21.2 Å². The zero-order valence-electron chi connectivity index (χ0n) is 14.4. The zero-order valence-corrected chi connectivity index (χ0v) is 16.8. The SMILES string of the molecule is O=C(CCCc1ccccc1OC(F)F)C1=NS(=O)(=O)c2cc(Br)ccc2N1. The van der Waals surface area contributed by atoms with Crippen molar-refractivity contribution in [1.82, 2.24) is 0 Å². The van der Waals surface area contributed by atoms with Crippen molar-refractivity contribution in [2.75, 3.05) is 5.32 Å². The molecule has 0 aromatic heterocycles. The number of halogens is 3. The Balaban J connectivity index is 1.67. The maximum absolute atomic E-state index is 12.5. The third kappa shape index (κ3) is 4.74. The van der Waals surface area contributed by atoms with Gasteiger partial charge in [-0.15, -0.1) is 4.40 Å². The molecule has 0 unspecified atom stereocenters. The highest BCUT2D eigenvalue weighted by atomic mass is 79.9. The molecule has 0 atom stereocenters. The number of carbonyl (C=O) groups excluding carboxylic acids is 1. The largest absolute Gasteiger partial charge is 0.435 e. The third-order valence-corrected chi connectivity index (χ3v) is 5.80. The molecule has 1 aliphatic heterocycles. The average molecular weight is 473 g/mol. The van der Waals surface area contributed by atoms with Crippen LogP contribution in [0.15, 0.2) is 56.2 Å². The fourth-order valence-electron chi connectivity index (χ4n) is 2.73. The molecule has 1 heterocycles. The van der Waals surface area contributed by atoms with Gasteiger partial charge in [-0.25, -0.2) is 0 Å². The number of carbonyl (C=O) groups is 1. The molecule has 10 heteroatoms. The molecule has 6 nitrogen and oxygen atoms in total. The second-order valence-electron chi connectivity index (χ2n) is 5.94. The van der Waals surface area contributed by atoms with E-state index in [1.165, 1.54) is 18.2 Å². The van der Waals surface area contributed by atoms with E-state index in [0.29, 0.717) is 22.9 Å². The van der Waals surface area contributed by atoms with Crippen molar-refractivity contribution in [3.63, 3.8) is 0 Å². The Morgan fingerprint density at radius 1 is 1.21 bits per heavy atom. The molecule has 1 N–H and O–H groups in total. The van der Waals surface area contributed by atoms with Crippen molar-refractivity contribution in [2.24, 2.45) is 4.40 Å². The van der Waals surface area contributed by atoms with E-state index in [4.69, 9.17) is 0 Å². The number of amidine groups is 1. The van der Waals surface area contributed by atoms with E-state index in [0.717, 1.165) is 0 Å². The number of para-hydroxylation sites is 1. The van der Waals surface area contributed by atoms with Crippen molar-refractivity contribution >= 4 is 43.3 Å². The summed E-state index contributed by atoms with van der Waals surface area (Å²) in [6.07, 6.45) is 0.630. The lowest BCUT2D eigenvalue weighted by atomic mass is 10.1. The first-order valence-corrected chi connectivity index (χ1v) is 10.5. The number of sulfonamides is 1. The van der Waals surface area contributed by atoms with Crippen molar-refractivity contribution < 1.29 is 26.7 Å². The number of anilines is 1. The van der Waals surface area contributed by atoms with Gasteiger partial charge in [0.2, 0.25) is 0 Å². The van der Waals surface area contributed by atoms with Crippen LogP contribution in [0.4, 0.5) is 14.5 Å². The van der Waals surface area contributed by atoms with E-state index in [9.17, 15) is 22.0 Å². The summed E-state index contributed by atoms with van der Waals surface area (Å²) < 4.78 is 58.1. The number of fused-ring (bicyclic) bond motifs is 1. The van der Waals surface area contributed by atoms with Crippen LogP contribution in [0, 0.1) is 0 Å². The zero-order chi connectivity index (χ0) is 20.3. The van der Waals surface area contributed by atoms with Gasteiger partial charge in [-0.05, 0) is 42.7 Å². The summed E-state index contributed by atoms with van der Waals surface area (Å²) in [5, 5.41) is 2.74. The van der Waals surface area contributed by atoms with Gasteiger partial charge in [0.25, 0.3) is 10.0 Å². The summed E-state index contributed by atoms with van der Waals surface area (Å²) in [5.74, 6) is -0.684. The van der Waals surface area contributed by atoms with Crippen molar-refractivity contribution in [2.45, 2.75) is 30.8 Å². The number of ketones is 1. The first kappa shape index (κ1) is 20.4. The lowest BCUT2D eigenvalue weighted by Crippen LogP contribution is -2.28. The summed E-state index contributed by atoms with van der Waals surface area (Å²) >= 11 is 3.20. The van der Waals surface area contributed by atoms with Crippen molar-refractivity contribution in [3.05, 3.63) is 52.5 Å². The Hall–Kier alpha value is -2.33. The Bertz CT molecular complexity index is 1040. The highest BCUT2D eigenvalue weighted by molar-refractivity contribution is 9.10. The summed E-state index contributed by atoms with van der Waals surface area (Å²) in [6, 6.07) is 10.9. The molecule has 2 aromatic carbocycles. The number of nitrogens with zero attached hydrogens (tertiary/aromatic N) is 1. The Labute approximate surface area is 168 Å². The van der Waals surface area contributed by atoms with Gasteiger partial charge >= 0.3 is 6.61 Å². The molecular formula is C18H15BrF2N2O4S. The van der Waals surface area contributed by atoms with E-state index < -0.39 is 22.4 Å². The van der Waals surface area contributed by atoms with Crippen LogP contribution < -0.4 is 10.1 Å². The third-order valence-electron chi connectivity index (χ3n) is 3.99. The maximum atomic E-state index is 12.5. The number of hydrogen-bond donors (Lipinski definition) is 1. The lowest BCUT2D eigenvalue weighted by molar-refractivity contribution is -0.113. The summed E-state index contributed by atoms with van der Waals surface area (Å²) in [5.41, 5.74) is 0.814. The highest BCUT2D eigenvalue weighted by Crippen LogP contribution is 2.30. The molecule has 0 radical (unpaired) electrons. The number of nitrogens with one attached hydrogen (secondary N) is 1. The number of benzene rings is 2. The van der Waals surface area contributed by atoms with Crippen LogP contribution in [0.5, 0.6) is 5.75 Å². The van der Waals surface area contributed by atoms with E-state index in [2.05, 4.69) is 30.4 Å². The number of hydrogen-bond acceptors (Lipinski definition) is 5. The standard InChI is InChI=1S/C18H15BrF2N2O4S/c19-12-8-9-13-16(10-12)28(25,26)23-17(22-13)14(24)6-3-5-11-4-1-2-7-15(11)27-18(20)21/h1-2,4,7-10,18H,3,5-6H2,(H,22,23). The molecule has 0 spiro atoms. The van der Waals surface area contributed by atoms with Crippen LogP contribution >= 0.6 is 15.9 Å². The number of rotatable bonds is 7. The number of aryl methyl sites for hydroxylation is 1. The predicted octanol–water partition coefficient (Wildman–Crippen LogP) is 4.16. The second-order valence-corrected chi connectivity index (χ2v) is 8.43. The smallest absolute Gasteiger partial charge is 0.387 e. The van der Waals surface area contributed by atoms with Gasteiger partial charge in [0.05, 0.1) is 5.69 Å². The van der Waals surface area contributed by atoms with Gasteiger partial charge in [0.15, 0.2) is 11.6 Å². The molecule has 0 saturated carbocycles. The van der Waals surface area contributed by atoms with Gasteiger partial charge < -0.3 is 10.1 Å². The van der Waals surface area contributed by atoms with Gasteiger partial charge in [0, 0.05) is 10.9 Å². The summed E-state index contributed by atoms with van der Waals surface area (Å²) in [7, 11) is -3.98. The van der Waals surface area contributed by atoms with Crippen LogP contribution in [0.3, 0.4) is 0 Å². The fourth-order valence-corrected chi connectivity index (χ4v) is 4.40. The van der Waals surface area contributed by atoms with Crippen molar-refractivity contribution in [1.29, 1.82) is 0 Å². The van der Waals surface area contributed by atoms with Crippen LogP contribution in [-0.4, -0.2) is 26.6 Å². The molecule has 0 bridgehead atoms. The van der Waals surface area contributed by atoms with Crippen LogP contribution in [0.2, 0.25) is 0 Å². The van der Waals surface area contributed by atoms with E-state index in [1.54, 1.807) is 24.3 Å². The Morgan fingerprint density at radius 3 is 2.71 bits per heavy atom. The fraction of sp³-hybridized carbons (Fsp3) is 0.222. The highest BCUT2D eigenvalue weighted by Gasteiger charge is 2.28. The molecule has 0 aliphatic carbocycles. The molecule has 148 valence electrons. The normalized spacial score (nSPS) is 14.8. The summed E-state index contributed by atoms with van der Waals surface area (Å²) in [6.45, 7) is -2.94. The molecule has 1 aliphatic rings. The number of Topliss-reactive ketones (excluding diaryl/α,β-unsaturated/α-hetero) is 1. The van der Waals surface area contributed by atoms with Gasteiger partial charge in [0.1, 0.15) is 10.6 Å². The predicted molar refractivity (Wildman–Crippen MR) is 103 cm³/mol. The summed E-state index contributed by atoms with van der Waals surface area (Å²) in [4.78, 5) is 12.4. The Kier molecular flexibility index (Phi) is 6.09. The van der Waals surface area contributed by atoms with Gasteiger partial charge in [-0.1, -0.05) is 34.1 Å². The quantitative estimate of drug-likeness (QED) is 0.653. The van der Waals surface area contributed by atoms with Crippen molar-refractivity contribution in [3.8, 4) is 5.75 Å². The lowest BCUT2D eigenvalue weighted by Gasteiger charge is -2.17. The van der Waals surface area contributed by atoms with Gasteiger partial charge in [-0.2, -0.15) is 17.2 Å².